The molecule has 0 heterocycles. The number of hydrogen-bond donors (Lipinski definition) is 2. The molecule has 0 fully saturated rings. The first-order chi connectivity index (χ1) is 10.1. The Morgan fingerprint density at radius 2 is 1.32 bits per heavy atom. The molecule has 0 rings (SSSR count). The predicted octanol–water partition coefficient (Wildman–Crippen LogP) is 1.03. The average molecular weight is 355 g/mol. The molecule has 0 aromatic carbocycles. The van der Waals surface area contributed by atoms with Crippen molar-refractivity contribution in [3.63, 3.8) is 0 Å². The molecule has 0 aliphatic heterocycles. The van der Waals surface area contributed by atoms with Gasteiger partial charge < -0.3 is 0 Å². The first-order valence-electron chi connectivity index (χ1n) is 7.14. The molecule has 0 saturated carbocycles. The molecule has 9 heteroatoms. The maximum atomic E-state index is 11.2. The van der Waals surface area contributed by atoms with Crippen LogP contribution in [0.25, 0.3) is 0 Å². The lowest BCUT2D eigenvalue weighted by molar-refractivity contribution is 0.289. The number of hydrogen-bond acceptors (Lipinski definition) is 5. The highest BCUT2D eigenvalue weighted by Gasteiger charge is 2.24. The van der Waals surface area contributed by atoms with E-state index in [2.05, 4.69) is 5.92 Å². The van der Waals surface area contributed by atoms with Crippen LogP contribution in [0.4, 0.5) is 0 Å². The van der Waals surface area contributed by atoms with Gasteiger partial charge in [0.1, 0.15) is 0 Å². The first-order valence-corrected chi connectivity index (χ1v) is 10.1. The summed E-state index contributed by atoms with van der Waals surface area (Å²) < 4.78 is 62.8. The van der Waals surface area contributed by atoms with Gasteiger partial charge in [0.25, 0.3) is 20.2 Å². The lowest BCUT2D eigenvalue weighted by Crippen LogP contribution is -2.33. The summed E-state index contributed by atoms with van der Waals surface area (Å²) in [5.74, 6) is 2.43. The third kappa shape index (κ3) is 8.10. The normalized spacial score (nSPS) is 15.5. The topological polar surface area (TPSA) is 112 Å². The second kappa shape index (κ2) is 9.47. The van der Waals surface area contributed by atoms with Crippen molar-refractivity contribution in [2.24, 2.45) is 0 Å². The predicted molar refractivity (Wildman–Crippen MR) is 85.8 cm³/mol. The molecule has 0 saturated heterocycles. The molecule has 0 aliphatic rings. The molecule has 0 aromatic rings. The van der Waals surface area contributed by atoms with Crippen molar-refractivity contribution in [2.45, 2.75) is 50.0 Å². The van der Waals surface area contributed by atoms with Gasteiger partial charge in [-0.1, -0.05) is 19.8 Å². The molecule has 130 valence electrons. The van der Waals surface area contributed by atoms with Crippen LogP contribution in [0.3, 0.4) is 0 Å². The van der Waals surface area contributed by atoms with E-state index in [0.29, 0.717) is 13.1 Å². The first kappa shape index (κ1) is 21.3. The van der Waals surface area contributed by atoms with Gasteiger partial charge in [-0.15, -0.1) is 6.42 Å². The molecule has 2 atom stereocenters. The summed E-state index contributed by atoms with van der Waals surface area (Å²) in [6, 6.07) is 0. The van der Waals surface area contributed by atoms with Crippen LogP contribution in [0.5, 0.6) is 0 Å². The number of terminal acetylenes is 1. The average Bonchev–Trinajstić information content (AvgIpc) is 2.36. The van der Waals surface area contributed by atoms with E-state index in [1.54, 1.807) is 18.7 Å². The van der Waals surface area contributed by atoms with Crippen LogP contribution in [-0.2, 0) is 20.2 Å². The summed E-state index contributed by atoms with van der Waals surface area (Å²) in [6.07, 6.45) is 6.23. The molecular formula is C13H25NO6S2. The van der Waals surface area contributed by atoms with Crippen molar-refractivity contribution in [3.05, 3.63) is 0 Å². The van der Waals surface area contributed by atoms with Gasteiger partial charge in [-0.05, 0) is 25.7 Å². The van der Waals surface area contributed by atoms with Crippen molar-refractivity contribution in [1.82, 2.24) is 4.90 Å². The Balaban J connectivity index is 4.65. The van der Waals surface area contributed by atoms with E-state index in [9.17, 15) is 16.8 Å². The molecule has 0 bridgehead atoms. The lowest BCUT2D eigenvalue weighted by Gasteiger charge is -2.23. The molecular weight excluding hydrogens is 330 g/mol. The van der Waals surface area contributed by atoms with Crippen LogP contribution in [0.15, 0.2) is 0 Å². The van der Waals surface area contributed by atoms with Crippen molar-refractivity contribution in [2.75, 3.05) is 19.6 Å². The van der Waals surface area contributed by atoms with Gasteiger partial charge >= 0.3 is 0 Å². The molecule has 22 heavy (non-hydrogen) atoms. The summed E-state index contributed by atoms with van der Waals surface area (Å²) >= 11 is 0. The molecule has 2 N–H and O–H groups in total. The highest BCUT2D eigenvalue weighted by atomic mass is 32.2. The van der Waals surface area contributed by atoms with Gasteiger partial charge in [-0.25, -0.2) is 0 Å². The minimum Gasteiger partial charge on any atom is -0.292 e. The van der Waals surface area contributed by atoms with Gasteiger partial charge in [0.15, 0.2) is 0 Å². The second-order valence-corrected chi connectivity index (χ2v) is 8.54. The van der Waals surface area contributed by atoms with Crippen LogP contribution in [0, 0.1) is 12.3 Å². The third-order valence-corrected chi connectivity index (χ3v) is 6.43. The van der Waals surface area contributed by atoms with Crippen molar-refractivity contribution < 1.29 is 25.9 Å². The fourth-order valence-electron chi connectivity index (χ4n) is 2.18. The highest BCUT2D eigenvalue weighted by molar-refractivity contribution is 7.86. The van der Waals surface area contributed by atoms with Crippen molar-refractivity contribution in [1.29, 1.82) is 0 Å². The van der Waals surface area contributed by atoms with Crippen LogP contribution in [0.2, 0.25) is 0 Å². The minimum absolute atomic E-state index is 0.208. The molecule has 0 radical (unpaired) electrons. The van der Waals surface area contributed by atoms with Crippen LogP contribution in [0.1, 0.15) is 39.5 Å². The Morgan fingerprint density at radius 1 is 0.955 bits per heavy atom. The maximum absolute atomic E-state index is 11.2. The third-order valence-electron chi connectivity index (χ3n) is 3.60. The smallest absolute Gasteiger partial charge is 0.267 e. The Kier molecular flexibility index (Phi) is 9.19. The zero-order valence-corrected chi connectivity index (χ0v) is 14.6. The minimum atomic E-state index is -4.10. The summed E-state index contributed by atoms with van der Waals surface area (Å²) in [5, 5.41) is -1.73. The fraction of sp³-hybridized carbons (Fsp3) is 0.846. The maximum Gasteiger partial charge on any atom is 0.267 e. The molecule has 0 aromatic heterocycles. The lowest BCUT2D eigenvalue weighted by atomic mass is 10.2. The Bertz CT molecular complexity index is 520. The van der Waals surface area contributed by atoms with E-state index in [0.717, 1.165) is 0 Å². The quantitative estimate of drug-likeness (QED) is 0.420. The van der Waals surface area contributed by atoms with E-state index in [1.165, 1.54) is 0 Å². The van der Waals surface area contributed by atoms with E-state index in [1.807, 2.05) is 0 Å². The summed E-state index contributed by atoms with van der Waals surface area (Å²) in [4.78, 5) is 1.74. The van der Waals surface area contributed by atoms with Gasteiger partial charge in [0, 0.05) is 13.1 Å². The van der Waals surface area contributed by atoms with Gasteiger partial charge in [-0.2, -0.15) is 16.8 Å². The van der Waals surface area contributed by atoms with Gasteiger partial charge in [-0.3, -0.25) is 14.0 Å². The van der Waals surface area contributed by atoms with Crippen LogP contribution >= 0.6 is 0 Å². The zero-order chi connectivity index (χ0) is 17.4. The van der Waals surface area contributed by atoms with Crippen LogP contribution in [-0.4, -0.2) is 61.0 Å². The summed E-state index contributed by atoms with van der Waals surface area (Å²) in [5.41, 5.74) is 0. The number of nitrogens with zero attached hydrogens (tertiary/aromatic N) is 1. The van der Waals surface area contributed by atoms with E-state index >= 15 is 0 Å². The standard InChI is InChI=1S/C13H25NO6S2/c1-4-9-14(10-7-12(5-2)21(15,16)17)11-8-13(6-3)22(18,19)20/h1,12-13H,5-11H2,2-3H3,(H,15,16,17)(H,18,19,20). The second-order valence-electron chi connectivity index (χ2n) is 5.15. The summed E-state index contributed by atoms with van der Waals surface area (Å²) in [7, 11) is -8.20. The molecule has 0 amide bonds. The number of rotatable bonds is 11. The van der Waals surface area contributed by atoms with Gasteiger partial charge in [0.05, 0.1) is 17.0 Å². The van der Waals surface area contributed by atoms with Crippen LogP contribution < -0.4 is 0 Å². The SMILES string of the molecule is C#CCN(CCC(CC)S(=O)(=O)O)CCC(CC)S(=O)(=O)O. The van der Waals surface area contributed by atoms with Crippen molar-refractivity contribution >= 4 is 20.2 Å². The Morgan fingerprint density at radius 3 is 1.55 bits per heavy atom. The fourth-order valence-corrected chi connectivity index (χ4v) is 3.83. The van der Waals surface area contributed by atoms with E-state index in [4.69, 9.17) is 15.5 Å². The highest BCUT2D eigenvalue weighted by Crippen LogP contribution is 2.13. The molecule has 0 spiro atoms. The monoisotopic (exact) mass is 355 g/mol. The molecule has 0 aliphatic carbocycles. The Hall–Kier alpha value is -0.660. The van der Waals surface area contributed by atoms with Gasteiger partial charge in [0.2, 0.25) is 0 Å². The van der Waals surface area contributed by atoms with Crippen molar-refractivity contribution in [3.8, 4) is 12.3 Å². The van der Waals surface area contributed by atoms with E-state index < -0.39 is 30.7 Å². The Labute approximate surface area is 133 Å². The largest absolute Gasteiger partial charge is 0.292 e. The molecule has 7 nitrogen and oxygen atoms in total. The summed E-state index contributed by atoms with van der Waals surface area (Å²) in [6.45, 7) is 4.21. The zero-order valence-electron chi connectivity index (χ0n) is 13.0. The van der Waals surface area contributed by atoms with E-state index in [-0.39, 0.29) is 32.2 Å². The molecule has 2 unspecified atom stereocenters.